The zero-order valence-electron chi connectivity index (χ0n) is 17.5. The van der Waals surface area contributed by atoms with Crippen LogP contribution in [0.1, 0.15) is 0 Å². The highest BCUT2D eigenvalue weighted by Crippen LogP contribution is 2.47. The van der Waals surface area contributed by atoms with E-state index in [1.165, 1.54) is 0 Å². The summed E-state index contributed by atoms with van der Waals surface area (Å²) < 4.78 is 222. The van der Waals surface area contributed by atoms with Gasteiger partial charge in [0, 0.05) is 7.11 Å². The third-order valence-electron chi connectivity index (χ3n) is 5.01. The minimum atomic E-state index is -4.47. The predicted molar refractivity (Wildman–Crippen MR) is 92.6 cm³/mol. The molecular formula is C19H4BF15O3. The lowest BCUT2D eigenvalue weighted by atomic mass is 9.61. The van der Waals surface area contributed by atoms with Crippen molar-refractivity contribution in [1.82, 2.24) is 0 Å². The number of allylic oxidation sites excluding steroid dienone is 2. The summed E-state index contributed by atoms with van der Waals surface area (Å²) in [5.41, 5.74) is -4.47. The second kappa shape index (κ2) is 9.99. The van der Waals surface area contributed by atoms with Crippen molar-refractivity contribution < 1.29 is 79.9 Å². The van der Waals surface area contributed by atoms with E-state index >= 15 is 0 Å². The summed E-state index contributed by atoms with van der Waals surface area (Å²) in [7, 11) is -3.89. The Kier molecular flexibility index (Phi) is 7.64. The van der Waals surface area contributed by atoms with Gasteiger partial charge in [-0.2, -0.15) is 17.6 Å². The summed E-state index contributed by atoms with van der Waals surface area (Å²) in [4.78, 5) is 0. The smallest absolute Gasteiger partial charge is 0.519 e. The van der Waals surface area contributed by atoms with Crippen molar-refractivity contribution in [2.75, 3.05) is 7.11 Å². The van der Waals surface area contributed by atoms with Gasteiger partial charge in [-0.25, -0.2) is 48.3 Å². The van der Waals surface area contributed by atoms with Crippen molar-refractivity contribution in [3.8, 4) is 11.5 Å². The van der Waals surface area contributed by atoms with E-state index in [4.69, 9.17) is 0 Å². The normalized spacial score (nSPS) is 19.8. The van der Waals surface area contributed by atoms with Gasteiger partial charge in [-0.15, -0.1) is 0 Å². The van der Waals surface area contributed by atoms with Crippen LogP contribution in [0.25, 0.3) is 0 Å². The standard InChI is InChI=1S/C19H4BF15O3/c1-36-19(17(34)13(32)8(27)14(33)18(19)35)20(37-15-9(28)4(23)2(21)5(24)10(15)29)38-16-11(30)6(25)3(22)7(26)12(16)31/h17H,1H3. The van der Waals surface area contributed by atoms with Crippen LogP contribution in [0.3, 0.4) is 0 Å². The largest absolute Gasteiger partial charge is 0.640 e. The molecule has 0 amide bonds. The lowest BCUT2D eigenvalue weighted by Gasteiger charge is -2.37. The Balaban J connectivity index is 2.37. The Bertz CT molecular complexity index is 1260. The highest BCUT2D eigenvalue weighted by atomic mass is 19.2. The molecule has 0 N–H and O–H groups in total. The Morgan fingerprint density at radius 3 is 1.16 bits per heavy atom. The van der Waals surface area contributed by atoms with E-state index in [0.717, 1.165) is 0 Å². The van der Waals surface area contributed by atoms with Gasteiger partial charge in [0.15, 0.2) is 41.0 Å². The molecule has 0 heterocycles. The van der Waals surface area contributed by atoms with Gasteiger partial charge in [-0.3, -0.25) is 0 Å². The first kappa shape index (κ1) is 29.1. The average Bonchev–Trinajstić information content (AvgIpc) is 2.90. The van der Waals surface area contributed by atoms with Gasteiger partial charge in [-0.1, -0.05) is 0 Å². The Morgan fingerprint density at radius 2 is 0.842 bits per heavy atom. The van der Waals surface area contributed by atoms with Crippen molar-refractivity contribution in [2.24, 2.45) is 0 Å². The van der Waals surface area contributed by atoms with E-state index in [0.29, 0.717) is 0 Å². The number of halogens is 15. The van der Waals surface area contributed by atoms with Crippen LogP contribution >= 0.6 is 0 Å². The zero-order valence-corrected chi connectivity index (χ0v) is 17.5. The van der Waals surface area contributed by atoms with Gasteiger partial charge in [0.05, 0.1) is 0 Å². The van der Waals surface area contributed by atoms with Gasteiger partial charge in [-0.05, 0) is 0 Å². The van der Waals surface area contributed by atoms with Crippen LogP contribution in [0.2, 0.25) is 0 Å². The monoisotopic (exact) mass is 576 g/mol. The third kappa shape index (κ3) is 4.02. The summed E-state index contributed by atoms with van der Waals surface area (Å²) >= 11 is 0. The summed E-state index contributed by atoms with van der Waals surface area (Å²) in [6.45, 7) is 0. The summed E-state index contributed by atoms with van der Waals surface area (Å²) in [5.74, 6) is -46.0. The summed E-state index contributed by atoms with van der Waals surface area (Å²) in [6, 6.07) is 0. The van der Waals surface area contributed by atoms with Crippen LogP contribution in [0.4, 0.5) is 65.9 Å². The van der Waals surface area contributed by atoms with Gasteiger partial charge >= 0.3 is 7.12 Å². The second-order valence-electron chi connectivity index (χ2n) is 7.02. The quantitative estimate of drug-likeness (QED) is 0.168. The van der Waals surface area contributed by atoms with Gasteiger partial charge in [0.2, 0.25) is 63.7 Å². The Hall–Kier alpha value is -3.51. The third-order valence-corrected chi connectivity index (χ3v) is 5.01. The van der Waals surface area contributed by atoms with Gasteiger partial charge in [0.1, 0.15) is 0 Å². The molecule has 2 unspecified atom stereocenters. The molecule has 0 bridgehead atoms. The van der Waals surface area contributed by atoms with Crippen molar-refractivity contribution in [1.29, 1.82) is 0 Å². The maximum Gasteiger partial charge on any atom is 0.640 e. The van der Waals surface area contributed by atoms with E-state index < -0.39 is 112 Å². The van der Waals surface area contributed by atoms with Crippen LogP contribution in [0.15, 0.2) is 23.3 Å². The molecule has 2 atom stereocenters. The zero-order chi connectivity index (χ0) is 29.0. The van der Waals surface area contributed by atoms with E-state index in [9.17, 15) is 65.9 Å². The minimum absolute atomic E-state index is 0.0761. The molecule has 38 heavy (non-hydrogen) atoms. The summed E-state index contributed by atoms with van der Waals surface area (Å²) in [6.07, 6.45) is -4.11. The Morgan fingerprint density at radius 1 is 0.526 bits per heavy atom. The molecule has 3 rings (SSSR count). The van der Waals surface area contributed by atoms with Gasteiger partial charge < -0.3 is 14.0 Å². The van der Waals surface area contributed by atoms with Crippen molar-refractivity contribution in [3.63, 3.8) is 0 Å². The molecule has 0 radical (unpaired) electrons. The first-order valence-electron chi connectivity index (χ1n) is 9.22. The van der Waals surface area contributed by atoms with E-state index in [1.54, 1.807) is 0 Å². The molecule has 3 nitrogen and oxygen atoms in total. The Labute approximate surface area is 199 Å². The second-order valence-corrected chi connectivity index (χ2v) is 7.02. The molecular weight excluding hydrogens is 572 g/mol. The molecule has 2 aromatic carbocycles. The number of ether oxygens (including phenoxy) is 1. The average molecular weight is 576 g/mol. The van der Waals surface area contributed by atoms with Crippen LogP contribution in [0.5, 0.6) is 11.5 Å². The minimum Gasteiger partial charge on any atom is -0.519 e. The topological polar surface area (TPSA) is 27.7 Å². The van der Waals surface area contributed by atoms with Crippen LogP contribution in [-0.4, -0.2) is 25.9 Å². The van der Waals surface area contributed by atoms with Crippen molar-refractivity contribution in [3.05, 3.63) is 81.5 Å². The first-order valence-corrected chi connectivity index (χ1v) is 9.22. The molecule has 1 aliphatic carbocycles. The number of hydrogen-bond acceptors (Lipinski definition) is 3. The number of methoxy groups -OCH3 is 1. The molecule has 0 aliphatic heterocycles. The fourth-order valence-corrected chi connectivity index (χ4v) is 3.09. The lowest BCUT2D eigenvalue weighted by Crippen LogP contribution is -2.63. The van der Waals surface area contributed by atoms with Crippen molar-refractivity contribution in [2.45, 2.75) is 11.7 Å². The first-order chi connectivity index (χ1) is 17.6. The van der Waals surface area contributed by atoms with Crippen LogP contribution in [-0.2, 0) is 4.74 Å². The fraction of sp³-hybridized carbons (Fsp3) is 0.158. The molecule has 0 spiro atoms. The van der Waals surface area contributed by atoms with Crippen molar-refractivity contribution >= 4 is 7.12 Å². The van der Waals surface area contributed by atoms with Gasteiger partial charge in [0.25, 0.3) is 0 Å². The van der Waals surface area contributed by atoms with E-state index in [1.807, 2.05) is 0 Å². The highest BCUT2D eigenvalue weighted by molar-refractivity contribution is 6.51. The molecule has 0 aromatic heterocycles. The number of benzene rings is 2. The fourth-order valence-electron chi connectivity index (χ4n) is 3.09. The lowest BCUT2D eigenvalue weighted by molar-refractivity contribution is -0.0184. The number of alkyl halides is 1. The maximum atomic E-state index is 14.9. The van der Waals surface area contributed by atoms with Crippen LogP contribution in [0, 0.1) is 58.2 Å². The molecule has 0 saturated carbocycles. The summed E-state index contributed by atoms with van der Waals surface area (Å²) in [5, 5.41) is 0. The van der Waals surface area contributed by atoms with E-state index in [2.05, 4.69) is 14.0 Å². The maximum absolute atomic E-state index is 14.9. The van der Waals surface area contributed by atoms with E-state index in [-0.39, 0.29) is 7.11 Å². The highest BCUT2D eigenvalue weighted by Gasteiger charge is 2.67. The molecule has 1 aliphatic rings. The molecule has 19 heteroatoms. The van der Waals surface area contributed by atoms with Crippen LogP contribution < -0.4 is 9.31 Å². The molecule has 206 valence electrons. The number of hydrogen-bond donors (Lipinski definition) is 0. The predicted octanol–water partition coefficient (Wildman–Crippen LogP) is 6.60. The molecule has 0 saturated heterocycles. The number of rotatable bonds is 6. The molecule has 2 aromatic rings. The molecule has 0 fully saturated rings. The SMILES string of the molecule is COC1(B(Oc2c(F)c(F)c(F)c(F)c2F)Oc2c(F)c(F)c(F)c(F)c2F)C(F)=C(F)C(F)=C(F)C1F.